The van der Waals surface area contributed by atoms with Crippen molar-refractivity contribution in [2.45, 2.75) is 6.42 Å². The van der Waals surface area contributed by atoms with E-state index >= 15 is 0 Å². The first-order valence-corrected chi connectivity index (χ1v) is 7.30. The van der Waals surface area contributed by atoms with E-state index in [1.54, 1.807) is 12.3 Å². The number of nitrogens with zero attached hydrogens (tertiary/aromatic N) is 1. The molecule has 0 aliphatic rings. The summed E-state index contributed by atoms with van der Waals surface area (Å²) >= 11 is 3.35. The molecule has 0 aliphatic heterocycles. The molecule has 0 fully saturated rings. The summed E-state index contributed by atoms with van der Waals surface area (Å²) in [6.45, 7) is 0.493. The van der Waals surface area contributed by atoms with E-state index in [1.165, 1.54) is 0 Å². The van der Waals surface area contributed by atoms with Gasteiger partial charge in [-0.15, -0.1) is 0 Å². The van der Waals surface area contributed by atoms with Crippen molar-refractivity contribution in [3.05, 3.63) is 52.8 Å². The largest absolute Gasteiger partial charge is 0.482 e. The van der Waals surface area contributed by atoms with Gasteiger partial charge in [-0.1, -0.05) is 22.0 Å². The summed E-state index contributed by atoms with van der Waals surface area (Å²) < 4.78 is 6.29. The molecule has 21 heavy (non-hydrogen) atoms. The van der Waals surface area contributed by atoms with E-state index in [0.29, 0.717) is 12.3 Å². The van der Waals surface area contributed by atoms with Gasteiger partial charge < -0.3 is 15.8 Å². The summed E-state index contributed by atoms with van der Waals surface area (Å²) in [6.07, 6.45) is 2.32. The van der Waals surface area contributed by atoms with E-state index in [4.69, 9.17) is 10.5 Å². The van der Waals surface area contributed by atoms with Gasteiger partial charge in [-0.2, -0.15) is 0 Å². The average molecular weight is 350 g/mol. The average Bonchev–Trinajstić information content (AvgIpc) is 2.47. The second-order valence-corrected chi connectivity index (χ2v) is 5.29. The molecule has 2 aromatic rings. The first kappa shape index (κ1) is 15.5. The van der Waals surface area contributed by atoms with Crippen LogP contribution in [0.3, 0.4) is 0 Å². The number of carbonyl (C=O) groups excluding carboxylic acids is 1. The number of hydrogen-bond acceptors (Lipinski definition) is 4. The SMILES string of the molecule is NCCc1ccc(OCC(=O)Nc2cccc(Br)c2)cn1. The molecule has 0 saturated carbocycles. The lowest BCUT2D eigenvalue weighted by atomic mass is 10.3. The molecule has 1 amide bonds. The van der Waals surface area contributed by atoms with Crippen LogP contribution in [0.15, 0.2) is 47.1 Å². The third kappa shape index (κ3) is 5.17. The summed E-state index contributed by atoms with van der Waals surface area (Å²) in [5.74, 6) is 0.333. The Bertz CT molecular complexity index is 602. The lowest BCUT2D eigenvalue weighted by Crippen LogP contribution is -2.20. The fourth-order valence-corrected chi connectivity index (χ4v) is 2.10. The highest BCUT2D eigenvalue weighted by atomic mass is 79.9. The summed E-state index contributed by atoms with van der Waals surface area (Å²) in [5.41, 5.74) is 7.08. The Labute approximate surface area is 131 Å². The molecule has 1 aromatic carbocycles. The third-order valence-electron chi connectivity index (χ3n) is 2.68. The van der Waals surface area contributed by atoms with E-state index in [-0.39, 0.29) is 12.5 Å². The minimum Gasteiger partial charge on any atom is -0.482 e. The number of benzene rings is 1. The number of nitrogens with two attached hydrogens (primary N) is 1. The minimum absolute atomic E-state index is 0.0651. The molecule has 1 heterocycles. The Morgan fingerprint density at radius 1 is 1.33 bits per heavy atom. The van der Waals surface area contributed by atoms with Crippen molar-refractivity contribution >= 4 is 27.5 Å². The number of halogens is 1. The first-order valence-electron chi connectivity index (χ1n) is 6.50. The fraction of sp³-hybridized carbons (Fsp3) is 0.200. The van der Waals surface area contributed by atoms with Crippen LogP contribution < -0.4 is 15.8 Å². The number of nitrogens with one attached hydrogen (secondary N) is 1. The van der Waals surface area contributed by atoms with Crippen molar-refractivity contribution in [2.24, 2.45) is 5.73 Å². The van der Waals surface area contributed by atoms with Crippen molar-refractivity contribution in [1.29, 1.82) is 0 Å². The number of hydrogen-bond donors (Lipinski definition) is 2. The quantitative estimate of drug-likeness (QED) is 0.839. The summed E-state index contributed by atoms with van der Waals surface area (Å²) in [7, 11) is 0. The van der Waals surface area contributed by atoms with E-state index < -0.39 is 0 Å². The molecule has 110 valence electrons. The van der Waals surface area contributed by atoms with Gasteiger partial charge in [0.05, 0.1) is 6.20 Å². The van der Waals surface area contributed by atoms with Gasteiger partial charge in [0.1, 0.15) is 5.75 Å². The van der Waals surface area contributed by atoms with Crippen LogP contribution in [-0.4, -0.2) is 24.0 Å². The molecular weight excluding hydrogens is 334 g/mol. The molecule has 5 nitrogen and oxygen atoms in total. The number of aromatic nitrogens is 1. The molecule has 0 spiro atoms. The van der Waals surface area contributed by atoms with Crippen molar-refractivity contribution in [3.8, 4) is 5.75 Å². The highest BCUT2D eigenvalue weighted by Crippen LogP contribution is 2.15. The van der Waals surface area contributed by atoms with Crippen LogP contribution in [-0.2, 0) is 11.2 Å². The zero-order chi connectivity index (χ0) is 15.1. The van der Waals surface area contributed by atoms with Crippen molar-refractivity contribution < 1.29 is 9.53 Å². The van der Waals surface area contributed by atoms with Gasteiger partial charge in [0, 0.05) is 22.3 Å². The van der Waals surface area contributed by atoms with Crippen LogP contribution in [0, 0.1) is 0 Å². The van der Waals surface area contributed by atoms with Gasteiger partial charge in [0.25, 0.3) is 5.91 Å². The molecule has 2 rings (SSSR count). The second kappa shape index (κ2) is 7.75. The molecule has 0 unspecified atom stereocenters. The van der Waals surface area contributed by atoms with Crippen molar-refractivity contribution in [1.82, 2.24) is 4.98 Å². The number of amides is 1. The van der Waals surface area contributed by atoms with Crippen LogP contribution in [0.4, 0.5) is 5.69 Å². The number of anilines is 1. The Morgan fingerprint density at radius 3 is 2.86 bits per heavy atom. The van der Waals surface area contributed by atoms with E-state index in [0.717, 1.165) is 22.3 Å². The van der Waals surface area contributed by atoms with E-state index in [9.17, 15) is 4.79 Å². The molecule has 0 bridgehead atoms. The molecule has 0 aliphatic carbocycles. The normalized spacial score (nSPS) is 10.2. The maximum atomic E-state index is 11.8. The second-order valence-electron chi connectivity index (χ2n) is 4.37. The lowest BCUT2D eigenvalue weighted by molar-refractivity contribution is -0.118. The number of ether oxygens (including phenoxy) is 1. The predicted octanol–water partition coefficient (Wildman–Crippen LogP) is 2.36. The van der Waals surface area contributed by atoms with Crippen LogP contribution in [0.25, 0.3) is 0 Å². The highest BCUT2D eigenvalue weighted by Gasteiger charge is 2.04. The zero-order valence-electron chi connectivity index (χ0n) is 11.4. The number of pyridine rings is 1. The van der Waals surface area contributed by atoms with E-state index in [1.807, 2.05) is 30.3 Å². The van der Waals surface area contributed by atoms with Gasteiger partial charge in [0.15, 0.2) is 6.61 Å². The number of carbonyl (C=O) groups is 1. The smallest absolute Gasteiger partial charge is 0.262 e. The van der Waals surface area contributed by atoms with Gasteiger partial charge in [-0.3, -0.25) is 9.78 Å². The Kier molecular flexibility index (Phi) is 5.71. The molecule has 0 saturated heterocycles. The molecule has 0 radical (unpaired) electrons. The maximum absolute atomic E-state index is 11.8. The summed E-state index contributed by atoms with van der Waals surface area (Å²) in [5, 5.41) is 2.75. The molecular formula is C15H16BrN3O2. The van der Waals surface area contributed by atoms with Crippen LogP contribution in [0.1, 0.15) is 5.69 Å². The van der Waals surface area contributed by atoms with Crippen LogP contribution in [0.5, 0.6) is 5.75 Å². The van der Waals surface area contributed by atoms with Crippen molar-refractivity contribution in [3.63, 3.8) is 0 Å². The maximum Gasteiger partial charge on any atom is 0.262 e. The van der Waals surface area contributed by atoms with E-state index in [2.05, 4.69) is 26.2 Å². The predicted molar refractivity (Wildman–Crippen MR) is 85.3 cm³/mol. The standard InChI is InChI=1S/C15H16BrN3O2/c16-11-2-1-3-13(8-11)19-15(20)10-21-14-5-4-12(6-7-17)18-9-14/h1-5,8-9H,6-7,10,17H2,(H,19,20). The Balaban J connectivity index is 1.83. The molecule has 6 heteroatoms. The first-order chi connectivity index (χ1) is 10.2. The van der Waals surface area contributed by atoms with Gasteiger partial charge >= 0.3 is 0 Å². The lowest BCUT2D eigenvalue weighted by Gasteiger charge is -2.08. The monoisotopic (exact) mass is 349 g/mol. The van der Waals surface area contributed by atoms with Crippen LogP contribution in [0.2, 0.25) is 0 Å². The third-order valence-corrected chi connectivity index (χ3v) is 3.17. The molecule has 1 aromatic heterocycles. The van der Waals surface area contributed by atoms with Gasteiger partial charge in [0.2, 0.25) is 0 Å². The van der Waals surface area contributed by atoms with Crippen molar-refractivity contribution in [2.75, 3.05) is 18.5 Å². The summed E-state index contributed by atoms with van der Waals surface area (Å²) in [6, 6.07) is 11.0. The Morgan fingerprint density at radius 2 is 2.19 bits per heavy atom. The topological polar surface area (TPSA) is 77.2 Å². The van der Waals surface area contributed by atoms with Gasteiger partial charge in [-0.05, 0) is 36.9 Å². The fourth-order valence-electron chi connectivity index (χ4n) is 1.70. The zero-order valence-corrected chi connectivity index (χ0v) is 13.0. The minimum atomic E-state index is -0.223. The molecule has 0 atom stereocenters. The highest BCUT2D eigenvalue weighted by molar-refractivity contribution is 9.10. The van der Waals surface area contributed by atoms with Crippen LogP contribution >= 0.6 is 15.9 Å². The van der Waals surface area contributed by atoms with Gasteiger partial charge in [-0.25, -0.2) is 0 Å². The number of rotatable bonds is 6. The molecule has 3 N–H and O–H groups in total. The Hall–Kier alpha value is -1.92. The summed E-state index contributed by atoms with van der Waals surface area (Å²) in [4.78, 5) is 16.0.